The number of amides is 1. The molecule has 1 aliphatic rings. The van der Waals surface area contributed by atoms with Crippen LogP contribution >= 0.6 is 0 Å². The van der Waals surface area contributed by atoms with E-state index in [9.17, 15) is 4.79 Å². The molecule has 0 unspecified atom stereocenters. The van der Waals surface area contributed by atoms with Crippen LogP contribution in [0.2, 0.25) is 0 Å². The average Bonchev–Trinajstić information content (AvgIpc) is 2.77. The lowest BCUT2D eigenvalue weighted by Gasteiger charge is -2.29. The SMILES string of the molecule is COc1ccc(CCc2nnc(C3=CCN(C(=O)OC(C)(C)C)CC3)cc2C)c(OC)c1. The molecule has 0 aliphatic carbocycles. The highest BCUT2D eigenvalue weighted by Crippen LogP contribution is 2.27. The molecule has 32 heavy (non-hydrogen) atoms. The molecule has 3 rings (SSSR count). The van der Waals surface area contributed by atoms with Gasteiger partial charge in [0.1, 0.15) is 17.1 Å². The number of aryl methyl sites for hydroxylation is 3. The molecule has 1 amide bonds. The van der Waals surface area contributed by atoms with Crippen molar-refractivity contribution in [1.29, 1.82) is 0 Å². The summed E-state index contributed by atoms with van der Waals surface area (Å²) in [6.45, 7) is 8.82. The van der Waals surface area contributed by atoms with Crippen LogP contribution in [0.3, 0.4) is 0 Å². The van der Waals surface area contributed by atoms with Crippen molar-refractivity contribution in [3.05, 3.63) is 52.9 Å². The van der Waals surface area contributed by atoms with Gasteiger partial charge < -0.3 is 19.1 Å². The summed E-state index contributed by atoms with van der Waals surface area (Å²) in [6.07, 6.45) is 4.07. The van der Waals surface area contributed by atoms with Gasteiger partial charge in [0.25, 0.3) is 0 Å². The number of carbonyl (C=O) groups excluding carboxylic acids is 1. The first-order valence-electron chi connectivity index (χ1n) is 10.9. The molecule has 7 nitrogen and oxygen atoms in total. The van der Waals surface area contributed by atoms with Gasteiger partial charge in [0.05, 0.1) is 25.6 Å². The van der Waals surface area contributed by atoms with Crippen molar-refractivity contribution < 1.29 is 19.0 Å². The fourth-order valence-corrected chi connectivity index (χ4v) is 3.62. The molecule has 0 fully saturated rings. The van der Waals surface area contributed by atoms with Crippen LogP contribution in [0.4, 0.5) is 4.79 Å². The molecule has 2 aromatic rings. The Morgan fingerprint density at radius 2 is 1.88 bits per heavy atom. The Bertz CT molecular complexity index is 995. The summed E-state index contributed by atoms with van der Waals surface area (Å²) in [5.41, 5.74) is 4.68. The van der Waals surface area contributed by atoms with Crippen LogP contribution in [-0.4, -0.2) is 54.1 Å². The number of hydrogen-bond acceptors (Lipinski definition) is 6. The standard InChI is InChI=1S/C25H33N3O4/c1-17-15-22(18-11-13-28(14-12-18)24(29)32-25(2,3)4)27-26-21(17)10-8-19-7-9-20(30-5)16-23(19)31-6/h7,9,11,15-16H,8,10,12-14H2,1-6H3. The first-order valence-corrected chi connectivity index (χ1v) is 10.9. The lowest BCUT2D eigenvalue weighted by Crippen LogP contribution is -2.39. The minimum Gasteiger partial charge on any atom is -0.497 e. The normalized spacial score (nSPS) is 14.1. The van der Waals surface area contributed by atoms with Gasteiger partial charge in [-0.1, -0.05) is 12.1 Å². The zero-order valence-electron chi connectivity index (χ0n) is 19.9. The molecule has 1 aliphatic heterocycles. The van der Waals surface area contributed by atoms with E-state index in [1.165, 1.54) is 0 Å². The quantitative estimate of drug-likeness (QED) is 0.654. The van der Waals surface area contributed by atoms with Gasteiger partial charge in [-0.25, -0.2) is 4.79 Å². The van der Waals surface area contributed by atoms with E-state index in [-0.39, 0.29) is 6.09 Å². The molecule has 2 heterocycles. The number of methoxy groups -OCH3 is 2. The highest BCUT2D eigenvalue weighted by atomic mass is 16.6. The minimum absolute atomic E-state index is 0.278. The Kier molecular flexibility index (Phi) is 7.38. The van der Waals surface area contributed by atoms with Crippen LogP contribution in [-0.2, 0) is 17.6 Å². The number of carbonyl (C=O) groups is 1. The summed E-state index contributed by atoms with van der Waals surface area (Å²) >= 11 is 0. The highest BCUT2D eigenvalue weighted by molar-refractivity contribution is 5.72. The highest BCUT2D eigenvalue weighted by Gasteiger charge is 2.24. The van der Waals surface area contributed by atoms with Crippen LogP contribution in [0.5, 0.6) is 11.5 Å². The molecule has 1 aromatic heterocycles. The van der Waals surface area contributed by atoms with E-state index in [2.05, 4.69) is 23.2 Å². The zero-order valence-corrected chi connectivity index (χ0v) is 19.9. The van der Waals surface area contributed by atoms with Crippen LogP contribution in [0, 0.1) is 6.92 Å². The van der Waals surface area contributed by atoms with Crippen molar-refractivity contribution >= 4 is 11.7 Å². The molecular weight excluding hydrogens is 406 g/mol. The van der Waals surface area contributed by atoms with Gasteiger partial charge in [-0.2, -0.15) is 10.2 Å². The van der Waals surface area contributed by atoms with Gasteiger partial charge in [-0.05, 0) is 75.8 Å². The molecular formula is C25H33N3O4. The van der Waals surface area contributed by atoms with Gasteiger partial charge in [0, 0.05) is 19.2 Å². The molecule has 1 aromatic carbocycles. The number of rotatable bonds is 6. The maximum atomic E-state index is 12.3. The summed E-state index contributed by atoms with van der Waals surface area (Å²) in [5.74, 6) is 1.59. The van der Waals surface area contributed by atoms with Crippen molar-refractivity contribution in [2.24, 2.45) is 0 Å². The molecule has 0 spiro atoms. The third-order valence-electron chi connectivity index (χ3n) is 5.40. The monoisotopic (exact) mass is 439 g/mol. The first kappa shape index (κ1) is 23.6. The van der Waals surface area contributed by atoms with Gasteiger partial charge in [0.15, 0.2) is 0 Å². The van der Waals surface area contributed by atoms with Crippen LogP contribution in [0.1, 0.15) is 49.7 Å². The Balaban J connectivity index is 1.64. The average molecular weight is 440 g/mol. The third kappa shape index (κ3) is 5.99. The van der Waals surface area contributed by atoms with E-state index in [4.69, 9.17) is 14.2 Å². The maximum absolute atomic E-state index is 12.3. The number of hydrogen-bond donors (Lipinski definition) is 0. The van der Waals surface area contributed by atoms with E-state index < -0.39 is 5.60 Å². The summed E-state index contributed by atoms with van der Waals surface area (Å²) in [7, 11) is 3.31. The van der Waals surface area contributed by atoms with Crippen molar-refractivity contribution in [3.8, 4) is 11.5 Å². The molecule has 0 radical (unpaired) electrons. The number of ether oxygens (including phenoxy) is 3. The zero-order chi connectivity index (χ0) is 23.3. The molecule has 7 heteroatoms. The predicted octanol–water partition coefficient (Wildman–Crippen LogP) is 4.61. The van der Waals surface area contributed by atoms with Gasteiger partial charge in [-0.3, -0.25) is 0 Å². The van der Waals surface area contributed by atoms with Crippen molar-refractivity contribution in [2.45, 2.75) is 52.6 Å². The smallest absolute Gasteiger partial charge is 0.410 e. The van der Waals surface area contributed by atoms with E-state index >= 15 is 0 Å². The molecule has 0 saturated heterocycles. The van der Waals surface area contributed by atoms with Crippen molar-refractivity contribution in [2.75, 3.05) is 27.3 Å². The summed E-state index contributed by atoms with van der Waals surface area (Å²) < 4.78 is 16.2. The molecule has 0 bridgehead atoms. The lowest BCUT2D eigenvalue weighted by atomic mass is 10.0. The number of nitrogens with zero attached hydrogens (tertiary/aromatic N) is 3. The van der Waals surface area contributed by atoms with E-state index in [1.54, 1.807) is 19.1 Å². The van der Waals surface area contributed by atoms with Gasteiger partial charge >= 0.3 is 6.09 Å². The van der Waals surface area contributed by atoms with E-state index in [0.29, 0.717) is 13.1 Å². The summed E-state index contributed by atoms with van der Waals surface area (Å²) in [6, 6.07) is 7.95. The van der Waals surface area contributed by atoms with Gasteiger partial charge in [0.2, 0.25) is 0 Å². The van der Waals surface area contributed by atoms with Gasteiger partial charge in [-0.15, -0.1) is 0 Å². The van der Waals surface area contributed by atoms with Crippen LogP contribution in [0.15, 0.2) is 30.3 Å². The maximum Gasteiger partial charge on any atom is 0.410 e. The molecule has 0 saturated carbocycles. The van der Waals surface area contributed by atoms with Crippen molar-refractivity contribution in [1.82, 2.24) is 15.1 Å². The summed E-state index contributed by atoms with van der Waals surface area (Å²) in [5, 5.41) is 8.97. The molecule has 0 atom stereocenters. The number of benzene rings is 1. The molecule has 172 valence electrons. The summed E-state index contributed by atoms with van der Waals surface area (Å²) in [4.78, 5) is 14.0. The minimum atomic E-state index is -0.491. The fourth-order valence-electron chi connectivity index (χ4n) is 3.62. The first-order chi connectivity index (χ1) is 15.2. The Labute approximate surface area is 190 Å². The second kappa shape index (κ2) is 10.0. The Morgan fingerprint density at radius 3 is 2.47 bits per heavy atom. The van der Waals surface area contributed by atoms with Crippen LogP contribution < -0.4 is 9.47 Å². The topological polar surface area (TPSA) is 73.8 Å². The number of aromatic nitrogens is 2. The van der Waals surface area contributed by atoms with E-state index in [1.807, 2.05) is 45.0 Å². The van der Waals surface area contributed by atoms with Crippen molar-refractivity contribution in [3.63, 3.8) is 0 Å². The predicted molar refractivity (Wildman–Crippen MR) is 124 cm³/mol. The lowest BCUT2D eigenvalue weighted by molar-refractivity contribution is 0.0270. The fraction of sp³-hybridized carbons (Fsp3) is 0.480. The second-order valence-corrected chi connectivity index (χ2v) is 8.94. The van der Waals surface area contributed by atoms with Crippen LogP contribution in [0.25, 0.3) is 5.57 Å². The largest absolute Gasteiger partial charge is 0.497 e. The molecule has 0 N–H and O–H groups in total. The Hall–Kier alpha value is -3.09. The van der Waals surface area contributed by atoms with E-state index in [0.717, 1.165) is 58.8 Å². The second-order valence-electron chi connectivity index (χ2n) is 8.94. The third-order valence-corrected chi connectivity index (χ3v) is 5.40. The Morgan fingerprint density at radius 1 is 1.09 bits per heavy atom.